The summed E-state index contributed by atoms with van der Waals surface area (Å²) in [5.41, 5.74) is -0.593. The lowest BCUT2D eigenvalue weighted by Crippen LogP contribution is -2.28. The Morgan fingerprint density at radius 1 is 1.11 bits per heavy atom. The predicted molar refractivity (Wildman–Crippen MR) is 53.0 cm³/mol. The van der Waals surface area contributed by atoms with E-state index in [0.29, 0.717) is 6.07 Å². The van der Waals surface area contributed by atoms with Crippen LogP contribution in [0.1, 0.15) is 11.6 Å². The molecule has 1 atom stereocenters. The van der Waals surface area contributed by atoms with Gasteiger partial charge in [-0.2, -0.15) is 26.3 Å². The number of hydrogen-bond acceptors (Lipinski definition) is 3. The molecule has 0 fully saturated rings. The molecule has 0 aromatic heterocycles. The number of halogens is 6. The number of rotatable bonds is 2. The Kier molecular flexibility index (Phi) is 4.06. The molecule has 9 heteroatoms. The summed E-state index contributed by atoms with van der Waals surface area (Å²) in [4.78, 5) is -0.477. The van der Waals surface area contributed by atoms with Crippen molar-refractivity contribution in [2.75, 3.05) is 0 Å². The fraction of sp³-hybridized carbons (Fsp3) is 0.333. The first-order chi connectivity index (χ1) is 8.00. The molecule has 1 aromatic rings. The van der Waals surface area contributed by atoms with Gasteiger partial charge >= 0.3 is 11.7 Å². The van der Waals surface area contributed by atoms with Crippen LogP contribution in [0, 0.1) is 0 Å². The Bertz CT molecular complexity index is 430. The molecule has 0 aliphatic rings. The largest absolute Gasteiger partial charge is 0.508 e. The smallest absolute Gasteiger partial charge is 0.446 e. The molecule has 0 saturated carbocycles. The van der Waals surface area contributed by atoms with E-state index < -0.39 is 45.7 Å². The van der Waals surface area contributed by atoms with Crippen molar-refractivity contribution in [3.8, 4) is 5.75 Å². The fourth-order valence-corrected chi connectivity index (χ4v) is 1.74. The van der Waals surface area contributed by atoms with Gasteiger partial charge in [-0.15, -0.1) is 0 Å². The molecule has 0 saturated heterocycles. The van der Waals surface area contributed by atoms with E-state index in [2.05, 4.69) is 0 Å². The third kappa shape index (κ3) is 3.98. The highest BCUT2D eigenvalue weighted by atomic mass is 32.2. The summed E-state index contributed by atoms with van der Waals surface area (Å²) < 4.78 is 73.1. The second-order valence-electron chi connectivity index (χ2n) is 3.29. The van der Waals surface area contributed by atoms with Crippen molar-refractivity contribution in [1.82, 2.24) is 0 Å². The standard InChI is InChI=1S/C9H7F6NOS/c10-8(11,12)7(16)5-3-4(1-2-6(5)17)18-9(13,14)15/h1-3,7,17H,16H2/t7-/m0/s1. The Morgan fingerprint density at radius 2 is 1.67 bits per heavy atom. The Labute approximate surface area is 102 Å². The van der Waals surface area contributed by atoms with Crippen LogP contribution in [0.4, 0.5) is 26.3 Å². The van der Waals surface area contributed by atoms with E-state index in [-0.39, 0.29) is 0 Å². The molecule has 0 aliphatic heterocycles. The second-order valence-corrected chi connectivity index (χ2v) is 4.43. The Morgan fingerprint density at radius 3 is 2.11 bits per heavy atom. The first kappa shape index (κ1) is 15.0. The van der Waals surface area contributed by atoms with Crippen LogP contribution in [-0.2, 0) is 0 Å². The summed E-state index contributed by atoms with van der Waals surface area (Å²) in [5.74, 6) is -0.800. The van der Waals surface area contributed by atoms with Crippen LogP contribution < -0.4 is 5.73 Å². The molecule has 18 heavy (non-hydrogen) atoms. The van der Waals surface area contributed by atoms with Gasteiger partial charge in [0.05, 0.1) is 0 Å². The van der Waals surface area contributed by atoms with Crippen LogP contribution in [0.5, 0.6) is 5.75 Å². The van der Waals surface area contributed by atoms with Gasteiger partial charge in [-0.25, -0.2) is 0 Å². The third-order valence-corrected chi connectivity index (χ3v) is 2.64. The van der Waals surface area contributed by atoms with Crippen molar-refractivity contribution in [2.45, 2.75) is 22.6 Å². The van der Waals surface area contributed by atoms with Gasteiger partial charge in [0.25, 0.3) is 0 Å². The van der Waals surface area contributed by atoms with Crippen LogP contribution in [0.15, 0.2) is 23.1 Å². The van der Waals surface area contributed by atoms with Crippen LogP contribution in [-0.4, -0.2) is 16.8 Å². The maximum atomic E-state index is 12.3. The number of hydrogen-bond donors (Lipinski definition) is 2. The number of benzene rings is 1. The van der Waals surface area contributed by atoms with Gasteiger partial charge in [-0.05, 0) is 30.0 Å². The van der Waals surface area contributed by atoms with E-state index in [4.69, 9.17) is 5.73 Å². The summed E-state index contributed by atoms with van der Waals surface area (Å²) in [5, 5.41) is 9.20. The van der Waals surface area contributed by atoms with Crippen LogP contribution in [0.3, 0.4) is 0 Å². The molecular weight excluding hydrogens is 284 g/mol. The molecule has 0 bridgehead atoms. The van der Waals surface area contributed by atoms with Crippen LogP contribution >= 0.6 is 11.8 Å². The minimum absolute atomic E-state index is 0.477. The molecule has 102 valence electrons. The van der Waals surface area contributed by atoms with Gasteiger partial charge in [0.15, 0.2) is 0 Å². The molecule has 0 heterocycles. The molecule has 1 aromatic carbocycles. The van der Waals surface area contributed by atoms with Gasteiger partial charge in [0.2, 0.25) is 0 Å². The zero-order chi connectivity index (χ0) is 14.1. The maximum Gasteiger partial charge on any atom is 0.446 e. The van der Waals surface area contributed by atoms with Crippen molar-refractivity contribution >= 4 is 11.8 Å². The number of aromatic hydroxyl groups is 1. The molecule has 3 N–H and O–H groups in total. The quantitative estimate of drug-likeness (QED) is 0.647. The van der Waals surface area contributed by atoms with Crippen molar-refractivity contribution in [2.24, 2.45) is 5.73 Å². The van der Waals surface area contributed by atoms with Crippen molar-refractivity contribution in [1.29, 1.82) is 0 Å². The number of phenolic OH excluding ortho intramolecular Hbond substituents is 1. The summed E-state index contributed by atoms with van der Waals surface area (Å²) in [6, 6.07) is -0.355. The Balaban J connectivity index is 3.09. The van der Waals surface area contributed by atoms with E-state index >= 15 is 0 Å². The third-order valence-electron chi connectivity index (χ3n) is 1.92. The van der Waals surface area contributed by atoms with Gasteiger partial charge in [0, 0.05) is 10.5 Å². The van der Waals surface area contributed by atoms with Gasteiger partial charge in [-0.3, -0.25) is 0 Å². The second kappa shape index (κ2) is 4.88. The zero-order valence-electron chi connectivity index (χ0n) is 8.51. The lowest BCUT2D eigenvalue weighted by Gasteiger charge is -2.18. The van der Waals surface area contributed by atoms with Crippen LogP contribution in [0.25, 0.3) is 0 Å². The topological polar surface area (TPSA) is 46.2 Å². The van der Waals surface area contributed by atoms with Gasteiger partial charge in [0.1, 0.15) is 11.8 Å². The molecule has 0 unspecified atom stereocenters. The number of phenols is 1. The molecular formula is C9H7F6NOS. The lowest BCUT2D eigenvalue weighted by molar-refractivity contribution is -0.149. The fourth-order valence-electron chi connectivity index (χ4n) is 1.16. The van der Waals surface area contributed by atoms with E-state index in [1.165, 1.54) is 0 Å². The van der Waals surface area contributed by atoms with Crippen molar-refractivity contribution in [3.63, 3.8) is 0 Å². The van der Waals surface area contributed by atoms with Gasteiger partial charge < -0.3 is 10.8 Å². The highest BCUT2D eigenvalue weighted by Crippen LogP contribution is 2.41. The molecule has 1 rings (SSSR count). The predicted octanol–water partition coefficient (Wildman–Crippen LogP) is 3.57. The highest BCUT2D eigenvalue weighted by molar-refractivity contribution is 8.00. The van der Waals surface area contributed by atoms with E-state index in [1.54, 1.807) is 0 Å². The maximum absolute atomic E-state index is 12.3. The SMILES string of the molecule is N[C@@H](c1cc(SC(F)(F)F)ccc1O)C(F)(F)F. The summed E-state index contributed by atoms with van der Waals surface area (Å²) in [6.45, 7) is 0. The van der Waals surface area contributed by atoms with Crippen molar-refractivity contribution in [3.05, 3.63) is 23.8 Å². The average Bonchev–Trinajstić information content (AvgIpc) is 2.16. The number of alkyl halides is 6. The summed E-state index contributed by atoms with van der Waals surface area (Å²) in [6.07, 6.45) is -4.85. The summed E-state index contributed by atoms with van der Waals surface area (Å²) >= 11 is -0.582. The number of nitrogens with two attached hydrogens (primary N) is 1. The molecule has 0 aliphatic carbocycles. The van der Waals surface area contributed by atoms with Crippen molar-refractivity contribution < 1.29 is 31.4 Å². The molecule has 2 nitrogen and oxygen atoms in total. The van der Waals surface area contributed by atoms with E-state index in [1.807, 2.05) is 0 Å². The first-order valence-electron chi connectivity index (χ1n) is 4.41. The zero-order valence-corrected chi connectivity index (χ0v) is 9.33. The molecule has 0 spiro atoms. The molecule has 0 amide bonds. The highest BCUT2D eigenvalue weighted by Gasteiger charge is 2.39. The average molecular weight is 291 g/mol. The van der Waals surface area contributed by atoms with Crippen LogP contribution in [0.2, 0.25) is 0 Å². The monoisotopic (exact) mass is 291 g/mol. The normalized spacial score (nSPS) is 14.6. The Hall–Kier alpha value is -1.09. The molecule has 0 radical (unpaired) electrons. The van der Waals surface area contributed by atoms with E-state index in [0.717, 1.165) is 12.1 Å². The van der Waals surface area contributed by atoms with Gasteiger partial charge in [-0.1, -0.05) is 0 Å². The minimum atomic E-state index is -4.85. The first-order valence-corrected chi connectivity index (χ1v) is 5.23. The minimum Gasteiger partial charge on any atom is -0.508 e. The van der Waals surface area contributed by atoms with E-state index in [9.17, 15) is 31.4 Å². The lowest BCUT2D eigenvalue weighted by atomic mass is 10.1. The number of thioether (sulfide) groups is 1. The summed E-state index contributed by atoms with van der Waals surface area (Å²) in [7, 11) is 0.